The number of hydrogen-bond donors (Lipinski definition) is 0. The molecule has 0 aromatic heterocycles. The van der Waals surface area contributed by atoms with Crippen molar-refractivity contribution in [2.24, 2.45) is 5.92 Å². The summed E-state index contributed by atoms with van der Waals surface area (Å²) in [4.78, 5) is 0. The van der Waals surface area contributed by atoms with Crippen molar-refractivity contribution < 1.29 is 57.7 Å². The van der Waals surface area contributed by atoms with Crippen molar-refractivity contribution >= 4 is 19.9 Å². The van der Waals surface area contributed by atoms with Crippen molar-refractivity contribution in [1.82, 2.24) is 0 Å². The molecule has 27 heavy (non-hydrogen) atoms. The van der Waals surface area contributed by atoms with Crippen LogP contribution in [0.15, 0.2) is 58.5 Å². The Balaban J connectivity index is 0.00000121. The zero-order chi connectivity index (χ0) is 16.4. The molecule has 0 nitrogen and oxygen atoms in total. The minimum absolute atomic E-state index is 0. The minimum atomic E-state index is -0.381. The third-order valence-electron chi connectivity index (χ3n) is 5.85. The molecule has 0 N–H and O–H groups in total. The number of halogens is 3. The topological polar surface area (TPSA) is 0 Å². The van der Waals surface area contributed by atoms with Crippen molar-refractivity contribution in [2.75, 3.05) is 0 Å². The van der Waals surface area contributed by atoms with Gasteiger partial charge in [0.1, 0.15) is 0 Å². The van der Waals surface area contributed by atoms with Gasteiger partial charge in [-0.1, -0.05) is 0 Å². The van der Waals surface area contributed by atoms with E-state index >= 15 is 0 Å². The monoisotopic (exact) mass is 470 g/mol. The molecule has 0 aliphatic heterocycles. The number of allylic oxidation sites excluding steroid dienone is 1. The van der Waals surface area contributed by atoms with Gasteiger partial charge in [-0.3, -0.25) is 0 Å². The van der Waals surface area contributed by atoms with Crippen LogP contribution in [0.4, 0.5) is 0 Å². The quantitative estimate of drug-likeness (QED) is 0.395. The Labute approximate surface area is 196 Å². The van der Waals surface area contributed by atoms with E-state index in [1.54, 1.807) is 25.4 Å². The van der Waals surface area contributed by atoms with Crippen molar-refractivity contribution in [3.63, 3.8) is 0 Å². The molecule has 5 heteroatoms. The van der Waals surface area contributed by atoms with Crippen molar-refractivity contribution in [3.8, 4) is 0 Å². The van der Waals surface area contributed by atoms with E-state index in [-0.39, 0.29) is 46.7 Å². The molecule has 2 aliphatic rings. The van der Waals surface area contributed by atoms with Gasteiger partial charge in [-0.2, -0.15) is 0 Å². The van der Waals surface area contributed by atoms with Gasteiger partial charge in [-0.05, 0) is 0 Å². The molecule has 0 amide bonds. The first-order valence-electron chi connectivity index (χ1n) is 9.41. The van der Waals surface area contributed by atoms with E-state index in [1.807, 2.05) is 0 Å². The first-order chi connectivity index (χ1) is 11.8. The Kier molecular flexibility index (Phi) is 11.0. The Morgan fingerprint density at radius 2 is 1.44 bits per heavy atom. The molecule has 2 aliphatic carbocycles. The summed E-state index contributed by atoms with van der Waals surface area (Å²) in [6, 6.07) is 20.4. The Hall–Kier alpha value is -0.0188. The van der Waals surface area contributed by atoms with Gasteiger partial charge in [0.15, 0.2) is 0 Å². The summed E-state index contributed by atoms with van der Waals surface area (Å²) in [6.45, 7) is 0. The summed E-state index contributed by atoms with van der Waals surface area (Å²) in [5, 5.41) is 3.29. The molecular weight excluding hydrogens is 447 g/mol. The van der Waals surface area contributed by atoms with Gasteiger partial charge in [0.25, 0.3) is 0 Å². The third-order valence-corrected chi connectivity index (χ3v) is 9.41. The summed E-state index contributed by atoms with van der Waals surface area (Å²) in [5.74, 6) is 1.64. The van der Waals surface area contributed by atoms with Gasteiger partial charge in [0.05, 0.1) is 0 Å². The molecule has 2 aromatic carbocycles. The molecule has 0 heterocycles. The molecule has 1 unspecified atom stereocenters. The van der Waals surface area contributed by atoms with Crippen LogP contribution in [0.1, 0.15) is 55.6 Å². The zero-order valence-electron chi connectivity index (χ0n) is 15.4. The molecule has 0 spiro atoms. The maximum atomic E-state index is 2.43. The fourth-order valence-corrected chi connectivity index (χ4v) is 7.49. The summed E-state index contributed by atoms with van der Waals surface area (Å²) >= 11 is 2.43. The third kappa shape index (κ3) is 5.75. The van der Waals surface area contributed by atoms with Crippen molar-refractivity contribution in [2.45, 2.75) is 44.4 Å². The van der Waals surface area contributed by atoms with Crippen LogP contribution in [-0.4, -0.2) is 9.52 Å². The van der Waals surface area contributed by atoms with Crippen molar-refractivity contribution in [3.05, 3.63) is 69.6 Å². The standard InChI is InChI=1S/C22H25Si.3ClH.Ti/c1-3-9-17(10-4-1)15-18-16-22(21-14-8-7-13-20(18)21)23-19-11-5-2-6-12-19;;;;/h2,5-8,11-14,17-18H,1,3-4,9-10,15,23H2;3*1H;/q;;;;+3/p-3. The predicted molar refractivity (Wildman–Crippen MR) is 102 cm³/mol. The maximum absolute atomic E-state index is 2.43. The first-order valence-corrected chi connectivity index (χ1v) is 11.6. The van der Waals surface area contributed by atoms with Gasteiger partial charge in [-0.15, -0.1) is 0 Å². The molecule has 1 atom stereocenters. The molecule has 0 saturated heterocycles. The van der Waals surface area contributed by atoms with Crippen molar-refractivity contribution in [1.29, 1.82) is 0 Å². The number of rotatable bonds is 4. The summed E-state index contributed by atoms with van der Waals surface area (Å²) in [5.41, 5.74) is 3.20. The van der Waals surface area contributed by atoms with E-state index in [2.05, 4.69) is 75.0 Å². The predicted octanol–water partition coefficient (Wildman–Crippen LogP) is -4.52. The molecular formula is C22H25Cl3SiTi. The normalized spacial score (nSPS) is 19.3. The van der Waals surface area contributed by atoms with Gasteiger partial charge < -0.3 is 37.2 Å². The van der Waals surface area contributed by atoms with Gasteiger partial charge in [0, 0.05) is 0 Å². The Morgan fingerprint density at radius 3 is 2.15 bits per heavy atom. The second kappa shape index (κ2) is 11.9. The van der Waals surface area contributed by atoms with Gasteiger partial charge in [-0.25, -0.2) is 0 Å². The van der Waals surface area contributed by atoms with Gasteiger partial charge in [0.2, 0.25) is 0 Å². The van der Waals surface area contributed by atoms with Gasteiger partial charge >= 0.3 is 160 Å². The Morgan fingerprint density at radius 1 is 0.815 bits per heavy atom. The average molecular weight is 472 g/mol. The van der Waals surface area contributed by atoms with E-state index in [4.69, 9.17) is 0 Å². The van der Waals surface area contributed by atoms with Crippen LogP contribution in [-0.2, 0) is 20.4 Å². The molecule has 4 rings (SSSR count). The van der Waals surface area contributed by atoms with Crippen LogP contribution in [0.5, 0.6) is 0 Å². The summed E-state index contributed by atoms with van der Waals surface area (Å²) in [7, 11) is -0.381. The molecule has 1 fully saturated rings. The fourth-order valence-electron chi connectivity index (χ4n) is 4.58. The van der Waals surface area contributed by atoms with E-state index in [0.717, 1.165) is 5.92 Å². The van der Waals surface area contributed by atoms with Crippen LogP contribution in [0.3, 0.4) is 0 Å². The average Bonchev–Trinajstić information content (AvgIpc) is 2.90. The zero-order valence-corrected chi connectivity index (χ0v) is 20.7. The van der Waals surface area contributed by atoms with E-state index in [9.17, 15) is 0 Å². The molecule has 0 radical (unpaired) electrons. The molecule has 2 aromatic rings. The van der Waals surface area contributed by atoms with Crippen LogP contribution >= 0.6 is 0 Å². The van der Waals surface area contributed by atoms with E-state index < -0.39 is 0 Å². The fraction of sp³-hybridized carbons (Fsp3) is 0.364. The molecule has 1 saturated carbocycles. The summed E-state index contributed by atoms with van der Waals surface area (Å²) < 4.78 is 1.69. The van der Waals surface area contributed by atoms with E-state index in [1.165, 1.54) is 38.5 Å². The number of benzene rings is 2. The second-order valence-electron chi connectivity index (χ2n) is 7.43. The van der Waals surface area contributed by atoms with Crippen LogP contribution < -0.4 is 42.4 Å². The number of fused-ring (bicyclic) bond motifs is 1. The molecule has 0 bridgehead atoms. The first kappa shape index (κ1) is 25.0. The van der Waals surface area contributed by atoms with Crippen LogP contribution in [0, 0.1) is 5.92 Å². The second-order valence-corrected chi connectivity index (χ2v) is 10.2. The Bertz CT molecular complexity index is 742. The molecule has 142 valence electrons. The van der Waals surface area contributed by atoms with E-state index in [0.29, 0.717) is 5.92 Å². The van der Waals surface area contributed by atoms with Crippen LogP contribution in [0.2, 0.25) is 0 Å². The number of hydrogen-bond acceptors (Lipinski definition) is 0. The summed E-state index contributed by atoms with van der Waals surface area (Å²) in [6.07, 6.45) is 8.66. The van der Waals surface area contributed by atoms with Crippen LogP contribution in [0.25, 0.3) is 5.20 Å². The SMILES string of the molecule is [Cl-].[Cl-].[Cl-].[Ti+3][C]1=C([SiH2]c2ccccc2)c2ccccc2C1CC1CCCCC1.